The molecular weight excluding hydrogens is 396 g/mol. The molecule has 3 aromatic rings. The summed E-state index contributed by atoms with van der Waals surface area (Å²) in [6.07, 6.45) is 3.89. The van der Waals surface area contributed by atoms with E-state index in [1.807, 2.05) is 47.4 Å². The molecule has 0 N–H and O–H groups in total. The van der Waals surface area contributed by atoms with Crippen molar-refractivity contribution in [3.05, 3.63) is 94.4 Å². The molecule has 1 unspecified atom stereocenters. The highest BCUT2D eigenvalue weighted by molar-refractivity contribution is 6.30. The van der Waals surface area contributed by atoms with Crippen molar-refractivity contribution in [3.8, 4) is 0 Å². The second-order valence-corrected chi connectivity index (χ2v) is 8.73. The molecule has 0 bridgehead atoms. The van der Waals surface area contributed by atoms with Gasteiger partial charge in [-0.1, -0.05) is 41.9 Å². The summed E-state index contributed by atoms with van der Waals surface area (Å²) in [6.45, 7) is 3.55. The highest BCUT2D eigenvalue weighted by atomic mass is 35.5. The highest BCUT2D eigenvalue weighted by Crippen LogP contribution is 2.34. The summed E-state index contributed by atoms with van der Waals surface area (Å²) >= 11 is 6.10. The molecule has 2 aliphatic rings. The molecule has 4 nitrogen and oxygen atoms in total. The van der Waals surface area contributed by atoms with Crippen LogP contribution in [0.5, 0.6) is 0 Å². The number of halogens is 1. The van der Waals surface area contributed by atoms with Gasteiger partial charge < -0.3 is 9.32 Å². The lowest BCUT2D eigenvalue weighted by molar-refractivity contribution is 0.0693. The molecule has 3 heterocycles. The predicted octanol–water partition coefficient (Wildman–Crippen LogP) is 5.39. The number of rotatable bonds is 5. The Balaban J connectivity index is 1.25. The van der Waals surface area contributed by atoms with Crippen molar-refractivity contribution in [2.24, 2.45) is 5.92 Å². The topological polar surface area (TPSA) is 36.7 Å². The van der Waals surface area contributed by atoms with E-state index in [0.29, 0.717) is 5.92 Å². The molecule has 1 fully saturated rings. The number of fused-ring (bicyclic) bond motifs is 1. The minimum atomic E-state index is 0.0934. The summed E-state index contributed by atoms with van der Waals surface area (Å²) < 4.78 is 5.79. The normalized spacial score (nSPS) is 18.6. The van der Waals surface area contributed by atoms with Crippen molar-refractivity contribution in [1.29, 1.82) is 0 Å². The molecule has 30 heavy (non-hydrogen) atoms. The average Bonchev–Trinajstić information content (AvgIpc) is 3.40. The first-order valence-electron chi connectivity index (χ1n) is 10.6. The summed E-state index contributed by atoms with van der Waals surface area (Å²) in [4.78, 5) is 17.2. The second kappa shape index (κ2) is 8.29. The van der Waals surface area contributed by atoms with Gasteiger partial charge in [0, 0.05) is 23.7 Å². The molecule has 154 valence electrons. The van der Waals surface area contributed by atoms with Crippen molar-refractivity contribution in [1.82, 2.24) is 9.80 Å². The van der Waals surface area contributed by atoms with Crippen LogP contribution in [0.25, 0.3) is 0 Å². The number of piperidine rings is 1. The van der Waals surface area contributed by atoms with Gasteiger partial charge in [-0.2, -0.15) is 0 Å². The van der Waals surface area contributed by atoms with E-state index in [4.69, 9.17) is 16.0 Å². The van der Waals surface area contributed by atoms with Crippen LogP contribution in [0, 0.1) is 5.92 Å². The monoisotopic (exact) mass is 420 g/mol. The third-order valence-corrected chi connectivity index (χ3v) is 6.64. The van der Waals surface area contributed by atoms with E-state index >= 15 is 0 Å². The van der Waals surface area contributed by atoms with E-state index in [9.17, 15) is 4.79 Å². The lowest BCUT2D eigenvalue weighted by Gasteiger charge is -2.38. The molecule has 2 aliphatic heterocycles. The average molecular weight is 421 g/mol. The van der Waals surface area contributed by atoms with E-state index in [2.05, 4.69) is 23.1 Å². The van der Waals surface area contributed by atoms with Crippen LogP contribution >= 0.6 is 11.6 Å². The zero-order valence-corrected chi connectivity index (χ0v) is 17.6. The first-order chi connectivity index (χ1) is 14.7. The van der Waals surface area contributed by atoms with Crippen LogP contribution in [0.1, 0.15) is 46.1 Å². The Bertz CT molecular complexity index is 1010. The number of furan rings is 1. The lowest BCUT2D eigenvalue weighted by atomic mass is 9.93. The number of carbonyl (C=O) groups is 1. The van der Waals surface area contributed by atoms with Crippen LogP contribution in [-0.2, 0) is 6.54 Å². The molecule has 0 spiro atoms. The molecule has 1 aromatic heterocycles. The highest BCUT2D eigenvalue weighted by Gasteiger charge is 2.32. The van der Waals surface area contributed by atoms with Gasteiger partial charge in [0.2, 0.25) is 0 Å². The van der Waals surface area contributed by atoms with E-state index in [1.165, 1.54) is 5.56 Å². The largest absolute Gasteiger partial charge is 0.467 e. The lowest BCUT2D eigenvalue weighted by Crippen LogP contribution is -2.40. The number of benzene rings is 2. The van der Waals surface area contributed by atoms with Gasteiger partial charge in [-0.25, -0.2) is 0 Å². The number of amides is 1. The van der Waals surface area contributed by atoms with E-state index in [-0.39, 0.29) is 11.9 Å². The van der Waals surface area contributed by atoms with Crippen LogP contribution in [-0.4, -0.2) is 35.3 Å². The smallest absolute Gasteiger partial charge is 0.254 e. The Hall–Kier alpha value is -2.56. The van der Waals surface area contributed by atoms with Crippen LogP contribution in [0.4, 0.5) is 0 Å². The number of carbonyl (C=O) groups excluding carboxylic acids is 1. The summed E-state index contributed by atoms with van der Waals surface area (Å²) in [5.74, 6) is 1.67. The van der Waals surface area contributed by atoms with Crippen LogP contribution in [0.15, 0.2) is 71.3 Å². The van der Waals surface area contributed by atoms with Crippen molar-refractivity contribution in [2.75, 3.05) is 19.6 Å². The molecule has 0 saturated carbocycles. The van der Waals surface area contributed by atoms with Crippen LogP contribution in [0.3, 0.4) is 0 Å². The first kappa shape index (κ1) is 19.4. The third-order valence-electron chi connectivity index (χ3n) is 6.39. The summed E-state index contributed by atoms with van der Waals surface area (Å²) in [6, 6.07) is 20.1. The Kier molecular flexibility index (Phi) is 5.36. The quantitative estimate of drug-likeness (QED) is 0.555. The SMILES string of the molecule is O=C1c2ccccc2CN1CC1CCN(C(c2ccc(Cl)cc2)c2ccco2)CC1. The zero-order chi connectivity index (χ0) is 20.5. The van der Waals surface area contributed by atoms with Gasteiger partial charge in [0.15, 0.2) is 0 Å². The summed E-state index contributed by atoms with van der Waals surface area (Å²) in [7, 11) is 0. The molecule has 0 radical (unpaired) electrons. The van der Waals surface area contributed by atoms with Gasteiger partial charge in [-0.3, -0.25) is 9.69 Å². The van der Waals surface area contributed by atoms with Crippen LogP contribution in [0.2, 0.25) is 5.02 Å². The summed E-state index contributed by atoms with van der Waals surface area (Å²) in [5.41, 5.74) is 3.22. The molecular formula is C25H25ClN2O2. The Morgan fingerprint density at radius 2 is 1.77 bits per heavy atom. The fourth-order valence-corrected chi connectivity index (χ4v) is 4.94. The molecule has 0 aliphatic carbocycles. The predicted molar refractivity (Wildman–Crippen MR) is 117 cm³/mol. The second-order valence-electron chi connectivity index (χ2n) is 8.29. The molecule has 1 saturated heterocycles. The molecule has 1 amide bonds. The van der Waals surface area contributed by atoms with E-state index in [1.54, 1.807) is 6.26 Å². The Morgan fingerprint density at radius 1 is 1.00 bits per heavy atom. The van der Waals surface area contributed by atoms with Crippen molar-refractivity contribution >= 4 is 17.5 Å². The van der Waals surface area contributed by atoms with E-state index in [0.717, 1.165) is 60.9 Å². The number of nitrogens with zero attached hydrogens (tertiary/aromatic N) is 2. The maximum atomic E-state index is 12.7. The minimum absolute atomic E-state index is 0.0934. The van der Waals surface area contributed by atoms with Gasteiger partial charge in [-0.15, -0.1) is 0 Å². The van der Waals surface area contributed by atoms with E-state index < -0.39 is 0 Å². The fraction of sp³-hybridized carbons (Fsp3) is 0.320. The Morgan fingerprint density at radius 3 is 2.47 bits per heavy atom. The zero-order valence-electron chi connectivity index (χ0n) is 16.8. The summed E-state index contributed by atoms with van der Waals surface area (Å²) in [5, 5.41) is 0.743. The van der Waals surface area contributed by atoms with Gasteiger partial charge in [-0.05, 0) is 73.3 Å². The standard InChI is InChI=1S/C25H25ClN2O2/c26-21-9-7-19(8-10-21)24(23-6-3-15-30-23)27-13-11-18(12-14-27)16-28-17-20-4-1-2-5-22(20)25(28)29/h1-10,15,18,24H,11-14,16-17H2. The van der Waals surface area contributed by atoms with Gasteiger partial charge in [0.05, 0.1) is 12.3 Å². The minimum Gasteiger partial charge on any atom is -0.467 e. The Labute approximate surface area is 182 Å². The van der Waals surface area contributed by atoms with Crippen molar-refractivity contribution < 1.29 is 9.21 Å². The molecule has 2 aromatic carbocycles. The molecule has 5 heteroatoms. The molecule has 5 rings (SSSR count). The maximum Gasteiger partial charge on any atom is 0.254 e. The molecule has 1 atom stereocenters. The van der Waals surface area contributed by atoms with Crippen molar-refractivity contribution in [2.45, 2.75) is 25.4 Å². The van der Waals surface area contributed by atoms with Gasteiger partial charge in [0.25, 0.3) is 5.91 Å². The van der Waals surface area contributed by atoms with Gasteiger partial charge in [0.1, 0.15) is 5.76 Å². The van der Waals surface area contributed by atoms with Gasteiger partial charge >= 0.3 is 0 Å². The fourth-order valence-electron chi connectivity index (χ4n) is 4.81. The van der Waals surface area contributed by atoms with Crippen molar-refractivity contribution in [3.63, 3.8) is 0 Å². The number of likely N-dealkylation sites (tertiary alicyclic amines) is 1. The van der Waals surface area contributed by atoms with Crippen LogP contribution < -0.4 is 0 Å². The number of hydrogen-bond donors (Lipinski definition) is 0. The first-order valence-corrected chi connectivity index (χ1v) is 11.0. The maximum absolute atomic E-state index is 12.7. The third kappa shape index (κ3) is 3.78. The number of hydrogen-bond acceptors (Lipinski definition) is 3.